The van der Waals surface area contributed by atoms with Crippen LogP contribution in [0.25, 0.3) is 0 Å². The van der Waals surface area contributed by atoms with Crippen molar-refractivity contribution in [2.75, 3.05) is 17.1 Å². The van der Waals surface area contributed by atoms with E-state index >= 15 is 0 Å². The Kier molecular flexibility index (Phi) is 3.72. The second-order valence-corrected chi connectivity index (χ2v) is 6.66. The Hall–Kier alpha value is -2.01. The molecule has 5 heteroatoms. The molecule has 2 N–H and O–H groups in total. The van der Waals surface area contributed by atoms with E-state index in [9.17, 15) is 8.42 Å². The fourth-order valence-electron chi connectivity index (χ4n) is 2.21. The number of para-hydroxylation sites is 1. The lowest BCUT2D eigenvalue weighted by molar-refractivity contribution is 0.594. The molecule has 0 radical (unpaired) electrons. The Morgan fingerprint density at radius 1 is 0.950 bits per heavy atom. The summed E-state index contributed by atoms with van der Waals surface area (Å²) in [6.07, 6.45) is 0. The van der Waals surface area contributed by atoms with Gasteiger partial charge in [0.1, 0.15) is 4.90 Å². The number of benzene rings is 2. The molecule has 0 fully saturated rings. The third kappa shape index (κ3) is 2.36. The first-order valence-electron chi connectivity index (χ1n) is 6.25. The summed E-state index contributed by atoms with van der Waals surface area (Å²) in [5, 5.41) is 0. The van der Waals surface area contributed by atoms with E-state index in [0.29, 0.717) is 11.3 Å². The maximum atomic E-state index is 12.8. The average Bonchev–Trinajstić information content (AvgIpc) is 2.38. The summed E-state index contributed by atoms with van der Waals surface area (Å²) in [4.78, 5) is 0.172. The number of anilines is 2. The molecule has 0 aromatic heterocycles. The first-order valence-corrected chi connectivity index (χ1v) is 7.69. The van der Waals surface area contributed by atoms with E-state index in [2.05, 4.69) is 0 Å². The minimum absolute atomic E-state index is 0.172. The summed E-state index contributed by atoms with van der Waals surface area (Å²) in [6, 6.07) is 12.4. The molecule has 0 heterocycles. The Labute approximate surface area is 119 Å². The molecular formula is C15H18N2O2S. The fraction of sp³-hybridized carbons (Fsp3) is 0.200. The van der Waals surface area contributed by atoms with Crippen LogP contribution in [0, 0.1) is 13.8 Å². The average molecular weight is 290 g/mol. The molecule has 2 rings (SSSR count). The monoisotopic (exact) mass is 290 g/mol. The van der Waals surface area contributed by atoms with Crippen LogP contribution in [0.3, 0.4) is 0 Å². The van der Waals surface area contributed by atoms with Gasteiger partial charge in [-0.25, -0.2) is 8.42 Å². The Balaban J connectivity index is 2.59. The molecule has 0 spiro atoms. The van der Waals surface area contributed by atoms with Crippen molar-refractivity contribution in [2.45, 2.75) is 18.7 Å². The van der Waals surface area contributed by atoms with Crippen LogP contribution < -0.4 is 10.0 Å². The van der Waals surface area contributed by atoms with Crippen molar-refractivity contribution in [1.29, 1.82) is 0 Å². The number of hydrogen-bond acceptors (Lipinski definition) is 3. The molecule has 0 unspecified atom stereocenters. The molecule has 106 valence electrons. The van der Waals surface area contributed by atoms with Gasteiger partial charge in [-0.2, -0.15) is 0 Å². The number of aryl methyl sites for hydroxylation is 2. The topological polar surface area (TPSA) is 63.4 Å². The number of rotatable bonds is 3. The molecule has 0 aliphatic carbocycles. The van der Waals surface area contributed by atoms with Crippen molar-refractivity contribution in [3.05, 3.63) is 53.6 Å². The van der Waals surface area contributed by atoms with Gasteiger partial charge in [0.05, 0.1) is 11.4 Å². The van der Waals surface area contributed by atoms with Gasteiger partial charge in [-0.3, -0.25) is 4.31 Å². The van der Waals surface area contributed by atoms with Gasteiger partial charge < -0.3 is 5.73 Å². The zero-order valence-electron chi connectivity index (χ0n) is 11.8. The predicted molar refractivity (Wildman–Crippen MR) is 82.4 cm³/mol. The largest absolute Gasteiger partial charge is 0.398 e. The molecule has 0 amide bonds. The maximum absolute atomic E-state index is 12.8. The van der Waals surface area contributed by atoms with E-state index in [1.165, 1.54) is 4.31 Å². The molecule has 0 saturated heterocycles. The van der Waals surface area contributed by atoms with E-state index in [1.54, 1.807) is 38.2 Å². The Bertz CT molecular complexity index is 719. The summed E-state index contributed by atoms with van der Waals surface area (Å²) < 4.78 is 26.8. The molecule has 0 aliphatic heterocycles. The number of nitrogen functional groups attached to an aromatic ring is 1. The minimum Gasteiger partial charge on any atom is -0.398 e. The molecular weight excluding hydrogens is 272 g/mol. The molecule has 0 saturated carbocycles. The van der Waals surface area contributed by atoms with Crippen molar-refractivity contribution >= 4 is 21.4 Å². The van der Waals surface area contributed by atoms with Gasteiger partial charge in [-0.05, 0) is 37.1 Å². The highest BCUT2D eigenvalue weighted by Crippen LogP contribution is 2.29. The number of nitrogens with zero attached hydrogens (tertiary/aromatic N) is 1. The van der Waals surface area contributed by atoms with Crippen LogP contribution >= 0.6 is 0 Å². The van der Waals surface area contributed by atoms with E-state index in [-0.39, 0.29) is 10.6 Å². The van der Waals surface area contributed by atoms with Crippen molar-refractivity contribution < 1.29 is 8.42 Å². The second kappa shape index (κ2) is 5.17. The fourth-order valence-corrected chi connectivity index (χ4v) is 3.79. The SMILES string of the molecule is Cc1ccccc1N(C)S(=O)(=O)c1c(C)cccc1N. The van der Waals surface area contributed by atoms with Gasteiger partial charge in [0.2, 0.25) is 0 Å². The van der Waals surface area contributed by atoms with Crippen LogP contribution in [-0.4, -0.2) is 15.5 Å². The lowest BCUT2D eigenvalue weighted by atomic mass is 10.2. The lowest BCUT2D eigenvalue weighted by Crippen LogP contribution is -2.28. The van der Waals surface area contributed by atoms with E-state index in [0.717, 1.165) is 5.56 Å². The molecule has 2 aromatic carbocycles. The van der Waals surface area contributed by atoms with Crippen LogP contribution in [0.1, 0.15) is 11.1 Å². The molecule has 4 nitrogen and oxygen atoms in total. The summed E-state index contributed by atoms with van der Waals surface area (Å²) in [6.45, 7) is 3.62. The van der Waals surface area contributed by atoms with E-state index in [1.807, 2.05) is 25.1 Å². The first kappa shape index (κ1) is 14.4. The van der Waals surface area contributed by atoms with Crippen LogP contribution in [0.2, 0.25) is 0 Å². The van der Waals surface area contributed by atoms with Crippen LogP contribution in [0.15, 0.2) is 47.4 Å². The zero-order valence-corrected chi connectivity index (χ0v) is 12.6. The number of sulfonamides is 1. The van der Waals surface area contributed by atoms with Crippen molar-refractivity contribution in [2.24, 2.45) is 0 Å². The van der Waals surface area contributed by atoms with Crippen LogP contribution in [-0.2, 0) is 10.0 Å². The number of nitrogens with two attached hydrogens (primary N) is 1. The van der Waals surface area contributed by atoms with Gasteiger partial charge in [0, 0.05) is 7.05 Å². The van der Waals surface area contributed by atoms with Gasteiger partial charge in [-0.15, -0.1) is 0 Å². The predicted octanol–water partition coefficient (Wildman–Crippen LogP) is 2.71. The van der Waals surface area contributed by atoms with Crippen molar-refractivity contribution in [1.82, 2.24) is 0 Å². The summed E-state index contributed by atoms with van der Waals surface area (Å²) >= 11 is 0. The minimum atomic E-state index is -3.67. The van der Waals surface area contributed by atoms with Crippen molar-refractivity contribution in [3.63, 3.8) is 0 Å². The smallest absolute Gasteiger partial charge is 0.266 e. The molecule has 0 aliphatic rings. The number of hydrogen-bond donors (Lipinski definition) is 1. The maximum Gasteiger partial charge on any atom is 0.266 e. The van der Waals surface area contributed by atoms with Crippen LogP contribution in [0.4, 0.5) is 11.4 Å². The Morgan fingerprint density at radius 3 is 2.15 bits per heavy atom. The van der Waals surface area contributed by atoms with Crippen molar-refractivity contribution in [3.8, 4) is 0 Å². The quantitative estimate of drug-likeness (QED) is 0.884. The zero-order chi connectivity index (χ0) is 14.9. The molecule has 0 bridgehead atoms. The lowest BCUT2D eigenvalue weighted by Gasteiger charge is -2.23. The molecule has 0 atom stereocenters. The molecule has 20 heavy (non-hydrogen) atoms. The highest BCUT2D eigenvalue weighted by Gasteiger charge is 2.26. The summed E-state index contributed by atoms with van der Waals surface area (Å²) in [7, 11) is -2.12. The van der Waals surface area contributed by atoms with Gasteiger partial charge in [-0.1, -0.05) is 30.3 Å². The summed E-state index contributed by atoms with van der Waals surface area (Å²) in [5.74, 6) is 0. The van der Waals surface area contributed by atoms with Gasteiger partial charge >= 0.3 is 0 Å². The Morgan fingerprint density at radius 2 is 1.55 bits per heavy atom. The second-order valence-electron chi connectivity index (χ2n) is 4.75. The third-order valence-corrected chi connectivity index (χ3v) is 5.31. The van der Waals surface area contributed by atoms with E-state index < -0.39 is 10.0 Å². The van der Waals surface area contributed by atoms with Gasteiger partial charge in [0.25, 0.3) is 10.0 Å². The molecule has 2 aromatic rings. The first-order chi connectivity index (χ1) is 9.35. The summed E-state index contributed by atoms with van der Waals surface area (Å²) in [5.41, 5.74) is 8.31. The third-order valence-electron chi connectivity index (χ3n) is 3.32. The van der Waals surface area contributed by atoms with Crippen LogP contribution in [0.5, 0.6) is 0 Å². The highest BCUT2D eigenvalue weighted by atomic mass is 32.2. The van der Waals surface area contributed by atoms with Gasteiger partial charge in [0.15, 0.2) is 0 Å². The highest BCUT2D eigenvalue weighted by molar-refractivity contribution is 7.93. The van der Waals surface area contributed by atoms with E-state index in [4.69, 9.17) is 5.73 Å². The standard InChI is InChI=1S/C15H18N2O2S/c1-11-7-4-5-10-14(11)17(3)20(18,19)15-12(2)8-6-9-13(15)16/h4-10H,16H2,1-3H3. The normalized spacial score (nSPS) is 11.3.